The predicted molar refractivity (Wildman–Crippen MR) is 159 cm³/mol. The summed E-state index contributed by atoms with van der Waals surface area (Å²) in [6.45, 7) is 9.03. The number of hydrogen-bond acceptors (Lipinski definition) is 14. The molecule has 1 aliphatic heterocycles. The number of halogens is 1. The lowest BCUT2D eigenvalue weighted by Gasteiger charge is -2.38. The zero-order valence-corrected chi connectivity index (χ0v) is 27.6. The van der Waals surface area contributed by atoms with Gasteiger partial charge in [-0.25, -0.2) is 28.7 Å². The average molecular weight is 684 g/mol. The third-order valence-electron chi connectivity index (χ3n) is 6.68. The van der Waals surface area contributed by atoms with Crippen LogP contribution in [0.15, 0.2) is 23.1 Å². The number of piperazine rings is 1. The molecule has 3 rings (SSSR count). The van der Waals surface area contributed by atoms with Gasteiger partial charge in [-0.2, -0.15) is 0 Å². The summed E-state index contributed by atoms with van der Waals surface area (Å²) in [6, 6.07) is 2.56. The van der Waals surface area contributed by atoms with Gasteiger partial charge in [0, 0.05) is 50.9 Å². The fraction of sp³-hybridized carbons (Fsp3) is 0.615. The molecule has 0 bridgehead atoms. The van der Waals surface area contributed by atoms with Crippen molar-refractivity contribution in [3.05, 3.63) is 39.9 Å². The summed E-state index contributed by atoms with van der Waals surface area (Å²) < 4.78 is 65.4. The van der Waals surface area contributed by atoms with Crippen molar-refractivity contribution >= 4 is 37.8 Å². The first kappa shape index (κ1) is 37.2. The minimum Gasteiger partial charge on any atom is -0.477 e. The lowest BCUT2D eigenvalue weighted by Crippen LogP contribution is -2.49. The fourth-order valence-electron chi connectivity index (χ4n) is 4.56. The molecular weight excluding hydrogens is 643 g/mol. The van der Waals surface area contributed by atoms with E-state index in [1.165, 1.54) is 12.3 Å². The smallest absolute Gasteiger partial charge is 0.400 e. The third kappa shape index (κ3) is 8.96. The summed E-state index contributed by atoms with van der Waals surface area (Å²) in [4.78, 5) is 47.5. The van der Waals surface area contributed by atoms with E-state index in [-0.39, 0.29) is 70.2 Å². The molecule has 0 atom stereocenters. The number of aryl methyl sites for hydroxylation is 1. The third-order valence-corrected chi connectivity index (χ3v) is 11.4. The molecule has 16 nitrogen and oxygen atoms in total. The maximum absolute atomic E-state index is 15.4. The van der Waals surface area contributed by atoms with Crippen molar-refractivity contribution in [2.45, 2.75) is 46.6 Å². The van der Waals surface area contributed by atoms with E-state index < -0.39 is 43.4 Å². The number of fused-ring (bicyclic) bond motifs is 1. The van der Waals surface area contributed by atoms with Crippen LogP contribution in [0.2, 0.25) is 0 Å². The second-order valence-electron chi connectivity index (χ2n) is 9.56. The Hall–Kier alpha value is -2.27. The monoisotopic (exact) mass is 683 g/mol. The second-order valence-corrected chi connectivity index (χ2v) is 14.0. The van der Waals surface area contributed by atoms with Gasteiger partial charge < -0.3 is 14.6 Å². The quantitative estimate of drug-likeness (QED) is 0.124. The molecule has 1 saturated heterocycles. The molecular formula is C26H40FN3O13P2. The van der Waals surface area contributed by atoms with Crippen molar-refractivity contribution in [3.8, 4) is 0 Å². The first-order valence-electron chi connectivity index (χ1n) is 14.5. The lowest BCUT2D eigenvalue weighted by molar-refractivity contribution is -0.272. The topological polar surface area (TPSA) is 174 Å². The van der Waals surface area contributed by atoms with Crippen LogP contribution in [0, 0.1) is 5.82 Å². The van der Waals surface area contributed by atoms with Gasteiger partial charge in [0.05, 0.1) is 37.6 Å². The number of anilines is 1. The van der Waals surface area contributed by atoms with Crippen LogP contribution >= 0.6 is 15.2 Å². The van der Waals surface area contributed by atoms with E-state index in [0.29, 0.717) is 12.1 Å². The highest BCUT2D eigenvalue weighted by molar-refractivity contribution is 7.72. The molecule has 2 aromatic rings. The highest BCUT2D eigenvalue weighted by atomic mass is 31.2. The number of hydrogen-bond donors (Lipinski definition) is 1. The Labute approximate surface area is 259 Å². The molecule has 0 saturated carbocycles. The van der Waals surface area contributed by atoms with E-state index in [4.69, 9.17) is 38.2 Å². The van der Waals surface area contributed by atoms with Gasteiger partial charge in [-0.05, 0) is 46.8 Å². The van der Waals surface area contributed by atoms with E-state index in [2.05, 4.69) is 0 Å². The van der Waals surface area contributed by atoms with E-state index >= 15 is 4.39 Å². The number of aromatic carboxylic acids is 1. The number of benzene rings is 1. The highest BCUT2D eigenvalue weighted by Gasteiger charge is 2.56. The van der Waals surface area contributed by atoms with Gasteiger partial charge in [0.15, 0.2) is 5.40 Å². The van der Waals surface area contributed by atoms with Crippen LogP contribution in [-0.4, -0.2) is 85.1 Å². The molecule has 1 aromatic carbocycles. The molecule has 0 aliphatic carbocycles. The second kappa shape index (κ2) is 17.0. The van der Waals surface area contributed by atoms with Gasteiger partial charge in [-0.1, -0.05) is 0 Å². The Morgan fingerprint density at radius 3 is 1.78 bits per heavy atom. The highest BCUT2D eigenvalue weighted by Crippen LogP contribution is 2.71. The minimum atomic E-state index is -4.57. The van der Waals surface area contributed by atoms with Crippen molar-refractivity contribution in [2.75, 3.05) is 64.1 Å². The lowest BCUT2D eigenvalue weighted by atomic mass is 10.1. The molecule has 254 valence electrons. The predicted octanol–water partition coefficient (Wildman–Crippen LogP) is 4.57. The Kier molecular flexibility index (Phi) is 14.1. The van der Waals surface area contributed by atoms with Crippen LogP contribution in [-0.2, 0) is 53.9 Å². The number of carboxylic acids is 1. The molecule has 45 heavy (non-hydrogen) atoms. The fourth-order valence-corrected chi connectivity index (χ4v) is 8.73. The standard InChI is InChI=1S/C26H40FN3O13P2/c1-6-29-17-20(26(32)33)25(31)19-15-21(27)23(16-22(19)29)30-13-11-28(12-14-30)18-24(44(34,40-36-7-2)41-37-8-3)45(35,42-38-9-4)43-39-10-5/h15-17,24H,6-14,18H2,1-5H3,(H,32,33). The summed E-state index contributed by atoms with van der Waals surface area (Å²) in [6.07, 6.45) is 1.24. The van der Waals surface area contributed by atoms with Crippen LogP contribution in [0.25, 0.3) is 10.9 Å². The Bertz CT molecular complexity index is 1390. The maximum atomic E-state index is 15.4. The van der Waals surface area contributed by atoms with E-state index in [1.54, 1.807) is 49.0 Å². The molecule has 2 heterocycles. The van der Waals surface area contributed by atoms with E-state index in [9.17, 15) is 23.8 Å². The van der Waals surface area contributed by atoms with E-state index in [0.717, 1.165) is 6.07 Å². The van der Waals surface area contributed by atoms with Gasteiger partial charge in [0.2, 0.25) is 5.43 Å². The van der Waals surface area contributed by atoms with Crippen LogP contribution < -0.4 is 10.3 Å². The summed E-state index contributed by atoms with van der Waals surface area (Å²) in [5, 5.41) is 7.70. The van der Waals surface area contributed by atoms with Gasteiger partial charge in [-0.15, -0.1) is 18.7 Å². The normalized spacial score (nSPS) is 15.0. The van der Waals surface area contributed by atoms with Gasteiger partial charge in [0.1, 0.15) is 11.4 Å². The Morgan fingerprint density at radius 1 is 0.867 bits per heavy atom. The molecule has 1 aliphatic rings. The van der Waals surface area contributed by atoms with Crippen LogP contribution in [0.3, 0.4) is 0 Å². The first-order valence-corrected chi connectivity index (χ1v) is 17.7. The molecule has 0 unspecified atom stereocenters. The van der Waals surface area contributed by atoms with Crippen molar-refractivity contribution in [1.29, 1.82) is 0 Å². The molecule has 1 fully saturated rings. The maximum Gasteiger partial charge on any atom is 0.400 e. The van der Waals surface area contributed by atoms with Crippen LogP contribution in [0.4, 0.5) is 10.1 Å². The van der Waals surface area contributed by atoms with Crippen molar-refractivity contribution in [1.82, 2.24) is 9.47 Å². The molecule has 0 spiro atoms. The van der Waals surface area contributed by atoms with Crippen molar-refractivity contribution in [3.63, 3.8) is 0 Å². The van der Waals surface area contributed by atoms with Crippen molar-refractivity contribution < 1.29 is 61.7 Å². The van der Waals surface area contributed by atoms with E-state index in [1.807, 2.05) is 0 Å². The zero-order chi connectivity index (χ0) is 33.2. The number of carbonyl (C=O) groups is 1. The number of pyridine rings is 1. The largest absolute Gasteiger partial charge is 0.477 e. The average Bonchev–Trinajstić information content (AvgIpc) is 3.03. The minimum absolute atomic E-state index is 0.0331. The Balaban J connectivity index is 1.92. The van der Waals surface area contributed by atoms with Gasteiger partial charge in [0.25, 0.3) is 0 Å². The molecule has 0 radical (unpaired) electrons. The Morgan fingerprint density at radius 2 is 1.36 bits per heavy atom. The van der Waals surface area contributed by atoms with Gasteiger partial charge in [-0.3, -0.25) is 18.8 Å². The summed E-state index contributed by atoms with van der Waals surface area (Å²) >= 11 is 0. The SMILES string of the molecule is CCOOP(=O)(OOCC)C(CN1CCN(c2cc3c(cc2F)c(=O)c(C(=O)O)cn3CC)CC1)P(=O)(OOCC)OOCC. The molecule has 19 heteroatoms. The molecule has 0 amide bonds. The number of nitrogens with zero attached hydrogens (tertiary/aromatic N) is 3. The van der Waals surface area contributed by atoms with Crippen LogP contribution in [0.5, 0.6) is 0 Å². The molecule has 1 aromatic heterocycles. The van der Waals surface area contributed by atoms with Crippen molar-refractivity contribution in [2.24, 2.45) is 0 Å². The number of carboxylic acid groups (broad SMARTS) is 1. The first-order chi connectivity index (χ1) is 21.5. The molecule has 1 N–H and O–H groups in total. The number of rotatable bonds is 19. The summed E-state index contributed by atoms with van der Waals surface area (Å²) in [7, 11) is -9.14. The zero-order valence-electron chi connectivity index (χ0n) is 25.8. The number of aromatic nitrogens is 1. The summed E-state index contributed by atoms with van der Waals surface area (Å²) in [5.74, 6) is -2.09. The summed E-state index contributed by atoms with van der Waals surface area (Å²) in [5.41, 5.74) is -0.629. The van der Waals surface area contributed by atoms with Gasteiger partial charge >= 0.3 is 21.2 Å². The van der Waals surface area contributed by atoms with Crippen LogP contribution in [0.1, 0.15) is 45.0 Å².